The number of sulfonamides is 1. The van der Waals surface area contributed by atoms with E-state index in [1.54, 1.807) is 0 Å². The average molecular weight is 416 g/mol. The van der Waals surface area contributed by atoms with Crippen molar-refractivity contribution in [3.63, 3.8) is 0 Å². The van der Waals surface area contributed by atoms with E-state index in [2.05, 4.69) is 35.3 Å². The first-order chi connectivity index (χ1) is 13.8. The molecule has 29 heavy (non-hydrogen) atoms. The quantitative estimate of drug-likeness (QED) is 0.752. The lowest BCUT2D eigenvalue weighted by atomic mass is 10.1. The number of hydrogen-bond acceptors (Lipinski definition) is 4. The van der Waals surface area contributed by atoms with Crippen LogP contribution in [-0.4, -0.2) is 57.1 Å². The Morgan fingerprint density at radius 2 is 1.62 bits per heavy atom. The highest BCUT2D eigenvalue weighted by Crippen LogP contribution is 2.19. The van der Waals surface area contributed by atoms with Gasteiger partial charge in [0.05, 0.1) is 12.2 Å². The lowest BCUT2D eigenvalue weighted by Crippen LogP contribution is -2.50. The Morgan fingerprint density at radius 1 is 0.966 bits per heavy atom. The minimum absolute atomic E-state index is 0.0724. The number of rotatable bonds is 7. The number of hydrogen-bond donors (Lipinski definition) is 1. The Bertz CT molecular complexity index is 951. The van der Waals surface area contributed by atoms with Gasteiger partial charge in [-0.3, -0.25) is 4.79 Å². The van der Waals surface area contributed by atoms with Crippen LogP contribution < -0.4 is 10.2 Å². The molecular weight excluding hydrogens is 386 g/mol. The largest absolute Gasteiger partial charge is 0.369 e. The Balaban J connectivity index is 1.45. The van der Waals surface area contributed by atoms with Gasteiger partial charge in [-0.05, 0) is 37.1 Å². The molecule has 7 heteroatoms. The van der Waals surface area contributed by atoms with Crippen molar-refractivity contribution in [2.45, 2.75) is 20.3 Å². The third-order valence-electron chi connectivity index (χ3n) is 5.13. The van der Waals surface area contributed by atoms with E-state index in [1.807, 2.05) is 37.3 Å². The summed E-state index contributed by atoms with van der Waals surface area (Å²) >= 11 is 0. The number of nitrogens with zero attached hydrogens (tertiary/aromatic N) is 2. The van der Waals surface area contributed by atoms with E-state index in [4.69, 9.17) is 0 Å². The predicted molar refractivity (Wildman–Crippen MR) is 117 cm³/mol. The Labute approximate surface area is 173 Å². The molecule has 2 aromatic carbocycles. The Kier molecular flexibility index (Phi) is 6.92. The van der Waals surface area contributed by atoms with Crippen molar-refractivity contribution in [3.8, 4) is 0 Å². The summed E-state index contributed by atoms with van der Waals surface area (Å²) in [6, 6.07) is 16.0. The second kappa shape index (κ2) is 9.41. The summed E-state index contributed by atoms with van der Waals surface area (Å²) in [7, 11) is -3.38. The van der Waals surface area contributed by atoms with Crippen molar-refractivity contribution in [2.24, 2.45) is 0 Å². The van der Waals surface area contributed by atoms with Gasteiger partial charge in [0.25, 0.3) is 0 Å². The van der Waals surface area contributed by atoms with E-state index < -0.39 is 10.0 Å². The van der Waals surface area contributed by atoms with Crippen molar-refractivity contribution in [2.75, 3.05) is 43.4 Å². The number of carbonyl (C=O) groups is 1. The van der Waals surface area contributed by atoms with Crippen LogP contribution in [0.5, 0.6) is 0 Å². The molecule has 1 aliphatic heterocycles. The molecule has 0 spiro atoms. The molecule has 1 fully saturated rings. The maximum atomic E-state index is 12.6. The van der Waals surface area contributed by atoms with Crippen LogP contribution in [-0.2, 0) is 21.2 Å². The number of nitrogens with one attached hydrogen (secondary N) is 1. The zero-order valence-electron chi connectivity index (χ0n) is 17.1. The van der Waals surface area contributed by atoms with E-state index in [0.717, 1.165) is 16.8 Å². The third-order valence-corrected chi connectivity index (χ3v) is 7.00. The van der Waals surface area contributed by atoms with Gasteiger partial charge in [0.15, 0.2) is 0 Å². The molecule has 1 saturated heterocycles. The van der Waals surface area contributed by atoms with Crippen molar-refractivity contribution < 1.29 is 13.2 Å². The molecular formula is C22H29N3O3S. The standard InChI is InChI=1S/C22H29N3O3S/c1-18-5-3-7-20(15-18)17-22(26)23-9-14-29(27,28)25-12-10-24(11-13-25)21-8-4-6-19(2)16-21/h3-8,15-16H,9-14,17H2,1-2H3,(H,23,26). The molecule has 1 heterocycles. The van der Waals surface area contributed by atoms with Crippen LogP contribution in [0.15, 0.2) is 48.5 Å². The lowest BCUT2D eigenvalue weighted by Gasteiger charge is -2.35. The number of benzene rings is 2. The monoisotopic (exact) mass is 415 g/mol. The first-order valence-electron chi connectivity index (χ1n) is 9.95. The molecule has 2 aromatic rings. The summed E-state index contributed by atoms with van der Waals surface area (Å²) in [4.78, 5) is 14.3. The molecule has 0 saturated carbocycles. The molecule has 0 aromatic heterocycles. The van der Waals surface area contributed by atoms with Gasteiger partial charge in [0, 0.05) is 38.4 Å². The summed E-state index contributed by atoms with van der Waals surface area (Å²) in [5, 5.41) is 2.73. The summed E-state index contributed by atoms with van der Waals surface area (Å²) < 4.78 is 26.8. The summed E-state index contributed by atoms with van der Waals surface area (Å²) in [6.45, 7) is 6.43. The van der Waals surface area contributed by atoms with Crippen LogP contribution >= 0.6 is 0 Å². The van der Waals surface area contributed by atoms with E-state index >= 15 is 0 Å². The fourth-order valence-electron chi connectivity index (χ4n) is 3.57. The van der Waals surface area contributed by atoms with E-state index in [0.29, 0.717) is 26.2 Å². The highest BCUT2D eigenvalue weighted by molar-refractivity contribution is 7.89. The number of anilines is 1. The molecule has 0 atom stereocenters. The molecule has 3 rings (SSSR count). The molecule has 0 unspecified atom stereocenters. The van der Waals surface area contributed by atoms with Crippen LogP contribution in [0.25, 0.3) is 0 Å². The van der Waals surface area contributed by atoms with Crippen LogP contribution in [0, 0.1) is 13.8 Å². The van der Waals surface area contributed by atoms with Gasteiger partial charge in [-0.1, -0.05) is 42.0 Å². The maximum absolute atomic E-state index is 12.6. The Morgan fingerprint density at radius 3 is 2.28 bits per heavy atom. The molecule has 0 radical (unpaired) electrons. The topological polar surface area (TPSA) is 69.7 Å². The summed E-state index contributed by atoms with van der Waals surface area (Å²) in [6.07, 6.45) is 0.261. The smallest absolute Gasteiger partial charge is 0.224 e. The molecule has 1 aliphatic rings. The number of piperazine rings is 1. The van der Waals surface area contributed by atoms with Gasteiger partial charge in [-0.15, -0.1) is 0 Å². The minimum Gasteiger partial charge on any atom is -0.369 e. The van der Waals surface area contributed by atoms with Gasteiger partial charge in [-0.2, -0.15) is 4.31 Å². The van der Waals surface area contributed by atoms with Crippen LogP contribution in [0.1, 0.15) is 16.7 Å². The molecule has 0 bridgehead atoms. The average Bonchev–Trinajstić information content (AvgIpc) is 2.68. The van der Waals surface area contributed by atoms with E-state index in [9.17, 15) is 13.2 Å². The highest BCUT2D eigenvalue weighted by atomic mass is 32.2. The number of amides is 1. The van der Waals surface area contributed by atoms with Crippen molar-refractivity contribution in [1.82, 2.24) is 9.62 Å². The van der Waals surface area contributed by atoms with Crippen LogP contribution in [0.3, 0.4) is 0 Å². The fourth-order valence-corrected chi connectivity index (χ4v) is 4.91. The van der Waals surface area contributed by atoms with Crippen molar-refractivity contribution >= 4 is 21.6 Å². The molecule has 156 valence electrons. The molecule has 6 nitrogen and oxygen atoms in total. The van der Waals surface area contributed by atoms with Crippen LogP contribution in [0.2, 0.25) is 0 Å². The zero-order chi connectivity index (χ0) is 20.9. The van der Waals surface area contributed by atoms with Gasteiger partial charge in [0.1, 0.15) is 0 Å². The molecule has 1 N–H and O–H groups in total. The van der Waals surface area contributed by atoms with Gasteiger partial charge in [0.2, 0.25) is 15.9 Å². The minimum atomic E-state index is -3.38. The first kappa shape index (κ1) is 21.3. The van der Waals surface area contributed by atoms with Crippen LogP contribution in [0.4, 0.5) is 5.69 Å². The first-order valence-corrected chi connectivity index (χ1v) is 11.6. The highest BCUT2D eigenvalue weighted by Gasteiger charge is 2.26. The van der Waals surface area contributed by atoms with Gasteiger partial charge < -0.3 is 10.2 Å². The van der Waals surface area contributed by atoms with Gasteiger partial charge >= 0.3 is 0 Å². The second-order valence-corrected chi connectivity index (χ2v) is 9.65. The predicted octanol–water partition coefficient (Wildman–Crippen LogP) is 2.11. The lowest BCUT2D eigenvalue weighted by molar-refractivity contribution is -0.120. The van der Waals surface area contributed by atoms with E-state index in [1.165, 1.54) is 9.87 Å². The van der Waals surface area contributed by atoms with Crippen molar-refractivity contribution in [3.05, 3.63) is 65.2 Å². The maximum Gasteiger partial charge on any atom is 0.224 e. The normalized spacial score (nSPS) is 15.3. The van der Waals surface area contributed by atoms with E-state index in [-0.39, 0.29) is 24.6 Å². The SMILES string of the molecule is Cc1cccc(CC(=O)NCCS(=O)(=O)N2CCN(c3cccc(C)c3)CC2)c1. The van der Waals surface area contributed by atoms with Gasteiger partial charge in [-0.25, -0.2) is 8.42 Å². The summed E-state index contributed by atoms with van der Waals surface area (Å²) in [5.41, 5.74) is 4.35. The number of carbonyl (C=O) groups excluding carboxylic acids is 1. The Hall–Kier alpha value is -2.38. The fraction of sp³-hybridized carbons (Fsp3) is 0.409. The molecule has 0 aliphatic carbocycles. The third kappa shape index (κ3) is 6.05. The second-order valence-electron chi connectivity index (χ2n) is 7.56. The zero-order valence-corrected chi connectivity index (χ0v) is 17.9. The number of aryl methyl sites for hydroxylation is 2. The molecule has 1 amide bonds. The van der Waals surface area contributed by atoms with Crippen molar-refractivity contribution in [1.29, 1.82) is 0 Å². The summed E-state index contributed by atoms with van der Waals surface area (Å²) in [5.74, 6) is -0.230.